The van der Waals surface area contributed by atoms with Crippen LogP contribution in [0.25, 0.3) is 22.3 Å². The third-order valence-electron chi connectivity index (χ3n) is 4.30. The SMILES string of the molecule is Cc1ccc2oc(-c3ccc(Cl)cc3)cc(=NCc3ccccc3)c2c1. The zero-order chi connectivity index (χ0) is 17.9. The molecule has 4 aromatic rings. The third-order valence-corrected chi connectivity index (χ3v) is 4.55. The lowest BCUT2D eigenvalue weighted by Crippen LogP contribution is -2.05. The molecule has 26 heavy (non-hydrogen) atoms. The van der Waals surface area contributed by atoms with Crippen molar-refractivity contribution in [3.63, 3.8) is 0 Å². The molecule has 0 amide bonds. The molecule has 1 heterocycles. The lowest BCUT2D eigenvalue weighted by molar-refractivity contribution is 0.618. The van der Waals surface area contributed by atoms with Gasteiger partial charge in [0.1, 0.15) is 11.3 Å². The first-order chi connectivity index (χ1) is 12.7. The molecule has 128 valence electrons. The number of benzene rings is 3. The highest BCUT2D eigenvalue weighted by Gasteiger charge is 2.06. The molecule has 3 heteroatoms. The molecule has 0 aliphatic rings. The Kier molecular flexibility index (Phi) is 4.59. The second-order valence-electron chi connectivity index (χ2n) is 6.30. The van der Waals surface area contributed by atoms with Gasteiger partial charge in [-0.15, -0.1) is 0 Å². The Morgan fingerprint density at radius 1 is 0.885 bits per heavy atom. The largest absolute Gasteiger partial charge is 0.456 e. The minimum atomic E-state index is 0.633. The van der Waals surface area contributed by atoms with Gasteiger partial charge in [0, 0.05) is 22.0 Å². The van der Waals surface area contributed by atoms with Crippen molar-refractivity contribution in [3.8, 4) is 11.3 Å². The summed E-state index contributed by atoms with van der Waals surface area (Å²) in [6, 6.07) is 26.1. The van der Waals surface area contributed by atoms with Crippen LogP contribution in [0.1, 0.15) is 11.1 Å². The second-order valence-corrected chi connectivity index (χ2v) is 6.74. The summed E-state index contributed by atoms with van der Waals surface area (Å²) in [4.78, 5) is 4.86. The van der Waals surface area contributed by atoms with Crippen molar-refractivity contribution in [1.29, 1.82) is 0 Å². The van der Waals surface area contributed by atoms with Gasteiger partial charge < -0.3 is 4.42 Å². The monoisotopic (exact) mass is 359 g/mol. The highest BCUT2D eigenvalue weighted by atomic mass is 35.5. The standard InChI is InChI=1S/C23H18ClNO/c1-16-7-12-22-20(13-16)21(25-15-17-5-3-2-4-6-17)14-23(26-22)18-8-10-19(24)11-9-18/h2-14H,15H2,1H3. The van der Waals surface area contributed by atoms with Crippen molar-refractivity contribution in [2.24, 2.45) is 4.99 Å². The Bertz CT molecular complexity index is 1110. The molecule has 0 atom stereocenters. The summed E-state index contributed by atoms with van der Waals surface area (Å²) in [6.07, 6.45) is 0. The summed E-state index contributed by atoms with van der Waals surface area (Å²) in [5.74, 6) is 0.782. The molecule has 3 aromatic carbocycles. The van der Waals surface area contributed by atoms with Gasteiger partial charge in [0.2, 0.25) is 0 Å². The van der Waals surface area contributed by atoms with Crippen LogP contribution in [0.4, 0.5) is 0 Å². The van der Waals surface area contributed by atoms with Crippen LogP contribution >= 0.6 is 11.6 Å². The van der Waals surface area contributed by atoms with E-state index in [2.05, 4.69) is 31.2 Å². The van der Waals surface area contributed by atoms with Gasteiger partial charge in [0.25, 0.3) is 0 Å². The number of fused-ring (bicyclic) bond motifs is 1. The van der Waals surface area contributed by atoms with Gasteiger partial charge in [-0.1, -0.05) is 53.6 Å². The van der Waals surface area contributed by atoms with E-state index in [1.54, 1.807) is 0 Å². The molecule has 0 radical (unpaired) electrons. The van der Waals surface area contributed by atoms with E-state index in [-0.39, 0.29) is 0 Å². The van der Waals surface area contributed by atoms with Gasteiger partial charge in [-0.3, -0.25) is 4.99 Å². The zero-order valence-corrected chi connectivity index (χ0v) is 15.2. The zero-order valence-electron chi connectivity index (χ0n) is 14.4. The topological polar surface area (TPSA) is 25.5 Å². The van der Waals surface area contributed by atoms with Crippen LogP contribution < -0.4 is 5.36 Å². The average molecular weight is 360 g/mol. The fourth-order valence-electron chi connectivity index (χ4n) is 2.93. The van der Waals surface area contributed by atoms with E-state index < -0.39 is 0 Å². The quantitative estimate of drug-likeness (QED) is 0.430. The molecule has 0 N–H and O–H groups in total. The van der Waals surface area contributed by atoms with Crippen molar-refractivity contribution >= 4 is 22.6 Å². The molecule has 0 aliphatic heterocycles. The summed E-state index contributed by atoms with van der Waals surface area (Å²) < 4.78 is 6.13. The van der Waals surface area contributed by atoms with Crippen LogP contribution in [0.15, 0.2) is 88.3 Å². The van der Waals surface area contributed by atoms with E-state index in [0.29, 0.717) is 11.6 Å². The Morgan fingerprint density at radius 3 is 2.42 bits per heavy atom. The average Bonchev–Trinajstić information content (AvgIpc) is 2.67. The van der Waals surface area contributed by atoms with Crippen LogP contribution in [0.5, 0.6) is 0 Å². The minimum absolute atomic E-state index is 0.633. The first kappa shape index (κ1) is 16.6. The molecule has 2 nitrogen and oxygen atoms in total. The van der Waals surface area contributed by atoms with Gasteiger partial charge in [0.05, 0.1) is 11.9 Å². The molecule has 0 spiro atoms. The van der Waals surface area contributed by atoms with E-state index in [9.17, 15) is 0 Å². The van der Waals surface area contributed by atoms with Crippen molar-refractivity contribution in [2.75, 3.05) is 0 Å². The van der Waals surface area contributed by atoms with E-state index in [4.69, 9.17) is 21.0 Å². The lowest BCUT2D eigenvalue weighted by Gasteiger charge is -2.06. The molecule has 0 fully saturated rings. The van der Waals surface area contributed by atoms with Crippen molar-refractivity contribution < 1.29 is 4.42 Å². The Labute approximate surface area is 157 Å². The Hall–Kier alpha value is -2.84. The van der Waals surface area contributed by atoms with Gasteiger partial charge in [0.15, 0.2) is 0 Å². The van der Waals surface area contributed by atoms with E-state index in [0.717, 1.165) is 27.7 Å². The van der Waals surface area contributed by atoms with Crippen molar-refractivity contribution in [1.82, 2.24) is 0 Å². The van der Waals surface area contributed by atoms with E-state index in [1.807, 2.05) is 54.6 Å². The van der Waals surface area contributed by atoms with Crippen molar-refractivity contribution in [2.45, 2.75) is 13.5 Å². The maximum absolute atomic E-state index is 6.13. The fourth-order valence-corrected chi connectivity index (χ4v) is 3.06. The van der Waals surface area contributed by atoms with Gasteiger partial charge in [-0.2, -0.15) is 0 Å². The predicted octanol–water partition coefficient (Wildman–Crippen LogP) is 6.16. The van der Waals surface area contributed by atoms with Crippen LogP contribution in [-0.2, 0) is 6.54 Å². The van der Waals surface area contributed by atoms with E-state index in [1.165, 1.54) is 11.1 Å². The number of aryl methyl sites for hydroxylation is 1. The number of rotatable bonds is 3. The molecule has 0 saturated carbocycles. The Balaban J connectivity index is 1.88. The predicted molar refractivity (Wildman–Crippen MR) is 107 cm³/mol. The van der Waals surface area contributed by atoms with Gasteiger partial charge in [-0.25, -0.2) is 0 Å². The summed E-state index contributed by atoms with van der Waals surface area (Å²) in [5, 5.41) is 2.67. The summed E-state index contributed by atoms with van der Waals surface area (Å²) >= 11 is 6.01. The van der Waals surface area contributed by atoms with Gasteiger partial charge >= 0.3 is 0 Å². The van der Waals surface area contributed by atoms with Crippen LogP contribution in [-0.4, -0.2) is 0 Å². The molecular weight excluding hydrogens is 342 g/mol. The summed E-state index contributed by atoms with van der Waals surface area (Å²) in [6.45, 7) is 2.71. The third kappa shape index (κ3) is 3.56. The molecule has 0 unspecified atom stereocenters. The second kappa shape index (κ2) is 7.19. The smallest absolute Gasteiger partial charge is 0.136 e. The van der Waals surface area contributed by atoms with Crippen molar-refractivity contribution in [3.05, 3.63) is 100 Å². The Morgan fingerprint density at radius 2 is 1.65 bits per heavy atom. The normalized spacial score (nSPS) is 11.8. The molecule has 4 rings (SSSR count). The molecule has 0 saturated heterocycles. The first-order valence-electron chi connectivity index (χ1n) is 8.54. The summed E-state index contributed by atoms with van der Waals surface area (Å²) in [7, 11) is 0. The van der Waals surface area contributed by atoms with Crippen LogP contribution in [0.2, 0.25) is 5.02 Å². The van der Waals surface area contributed by atoms with Crippen LogP contribution in [0.3, 0.4) is 0 Å². The van der Waals surface area contributed by atoms with Gasteiger partial charge in [-0.05, 0) is 48.9 Å². The highest BCUT2D eigenvalue weighted by molar-refractivity contribution is 6.30. The van der Waals surface area contributed by atoms with Crippen LogP contribution in [0, 0.1) is 6.92 Å². The highest BCUT2D eigenvalue weighted by Crippen LogP contribution is 2.24. The first-order valence-corrected chi connectivity index (χ1v) is 8.92. The lowest BCUT2D eigenvalue weighted by atomic mass is 10.1. The molecule has 1 aromatic heterocycles. The number of nitrogens with zero attached hydrogens (tertiary/aromatic N) is 1. The molecule has 0 aliphatic carbocycles. The molecular formula is C23H18ClNO. The number of hydrogen-bond donors (Lipinski definition) is 0. The maximum Gasteiger partial charge on any atom is 0.136 e. The fraction of sp³-hybridized carbons (Fsp3) is 0.0870. The number of halogens is 1. The minimum Gasteiger partial charge on any atom is -0.456 e. The van der Waals surface area contributed by atoms with E-state index >= 15 is 0 Å². The maximum atomic E-state index is 6.13. The molecule has 0 bridgehead atoms. The number of hydrogen-bond acceptors (Lipinski definition) is 2. The summed E-state index contributed by atoms with van der Waals surface area (Å²) in [5.41, 5.74) is 4.17.